The lowest BCUT2D eigenvalue weighted by atomic mass is 10.1. The zero-order valence-corrected chi connectivity index (χ0v) is 14.4. The van der Waals surface area contributed by atoms with Crippen molar-refractivity contribution in [2.45, 2.75) is 33.2 Å². The molecule has 3 N–H and O–H groups in total. The Bertz CT molecular complexity index is 419. The fourth-order valence-corrected chi connectivity index (χ4v) is 1.67. The highest BCUT2D eigenvalue weighted by Crippen LogP contribution is 2.19. The van der Waals surface area contributed by atoms with Crippen LogP contribution in [-0.2, 0) is 6.42 Å². The molecule has 0 aliphatic rings. The standard InChI is InChI=1S/C14H23N3O.HI/c1-10(2)17-14(15)16-8-7-12-6-5-11(3)13(9-12)18-4;/h5-6,9-10H,7-8H2,1-4H3,(H3,15,16,17);1H. The molecule has 4 nitrogen and oxygen atoms in total. The largest absolute Gasteiger partial charge is 0.496 e. The Labute approximate surface area is 132 Å². The first-order chi connectivity index (χ1) is 8.52. The Balaban J connectivity index is 0.00000324. The van der Waals surface area contributed by atoms with Gasteiger partial charge in [-0.2, -0.15) is 0 Å². The molecule has 0 saturated heterocycles. The first-order valence-corrected chi connectivity index (χ1v) is 6.23. The Kier molecular flexibility index (Phi) is 8.54. The van der Waals surface area contributed by atoms with Gasteiger partial charge in [0.25, 0.3) is 0 Å². The second-order valence-electron chi connectivity index (χ2n) is 4.62. The van der Waals surface area contributed by atoms with Gasteiger partial charge in [-0.25, -0.2) is 0 Å². The van der Waals surface area contributed by atoms with E-state index in [4.69, 9.17) is 10.5 Å². The average molecular weight is 377 g/mol. The second-order valence-corrected chi connectivity index (χ2v) is 4.62. The van der Waals surface area contributed by atoms with Crippen molar-refractivity contribution in [1.29, 1.82) is 0 Å². The molecule has 5 heteroatoms. The highest BCUT2D eigenvalue weighted by atomic mass is 127. The molecule has 0 spiro atoms. The lowest BCUT2D eigenvalue weighted by Gasteiger charge is -2.09. The minimum Gasteiger partial charge on any atom is -0.496 e. The number of methoxy groups -OCH3 is 1. The number of nitrogens with two attached hydrogens (primary N) is 1. The maximum Gasteiger partial charge on any atom is 0.188 e. The predicted molar refractivity (Wildman–Crippen MR) is 91.6 cm³/mol. The molecule has 0 atom stereocenters. The number of hydrogen-bond acceptors (Lipinski definition) is 2. The second kappa shape index (κ2) is 9.01. The van der Waals surface area contributed by atoms with Crippen molar-refractivity contribution in [1.82, 2.24) is 5.32 Å². The van der Waals surface area contributed by atoms with Gasteiger partial charge < -0.3 is 15.8 Å². The van der Waals surface area contributed by atoms with Gasteiger partial charge in [-0.05, 0) is 44.4 Å². The molecular weight excluding hydrogens is 353 g/mol. The number of nitrogens with zero attached hydrogens (tertiary/aromatic N) is 1. The molecule has 0 amide bonds. The van der Waals surface area contributed by atoms with E-state index < -0.39 is 0 Å². The molecule has 1 aromatic carbocycles. The van der Waals surface area contributed by atoms with Crippen molar-refractivity contribution in [2.24, 2.45) is 10.7 Å². The summed E-state index contributed by atoms with van der Waals surface area (Å²) in [7, 11) is 1.69. The molecule has 0 aromatic heterocycles. The fraction of sp³-hybridized carbons (Fsp3) is 0.500. The van der Waals surface area contributed by atoms with Gasteiger partial charge in [0.15, 0.2) is 5.96 Å². The van der Waals surface area contributed by atoms with Crippen LogP contribution >= 0.6 is 24.0 Å². The number of benzene rings is 1. The third kappa shape index (κ3) is 6.66. The summed E-state index contributed by atoms with van der Waals surface area (Å²) < 4.78 is 5.29. The van der Waals surface area contributed by atoms with Crippen molar-refractivity contribution in [2.75, 3.05) is 13.7 Å². The van der Waals surface area contributed by atoms with Gasteiger partial charge in [0.2, 0.25) is 0 Å². The van der Waals surface area contributed by atoms with Crippen LogP contribution in [0.2, 0.25) is 0 Å². The quantitative estimate of drug-likeness (QED) is 0.471. The Hall–Kier alpha value is -0.980. The minimum absolute atomic E-state index is 0. The number of nitrogens with one attached hydrogen (secondary N) is 1. The number of halogens is 1. The van der Waals surface area contributed by atoms with Crippen molar-refractivity contribution < 1.29 is 4.74 Å². The summed E-state index contributed by atoms with van der Waals surface area (Å²) in [5.74, 6) is 1.42. The van der Waals surface area contributed by atoms with E-state index in [1.807, 2.05) is 20.8 Å². The lowest BCUT2D eigenvalue weighted by molar-refractivity contribution is 0.411. The van der Waals surface area contributed by atoms with Gasteiger partial charge in [0.1, 0.15) is 5.75 Å². The van der Waals surface area contributed by atoms with E-state index in [-0.39, 0.29) is 24.0 Å². The number of hydrogen-bond donors (Lipinski definition) is 2. The molecule has 0 unspecified atom stereocenters. The number of aliphatic imine (C=N–C) groups is 1. The van der Waals surface area contributed by atoms with Gasteiger partial charge >= 0.3 is 0 Å². The van der Waals surface area contributed by atoms with E-state index in [2.05, 4.69) is 28.5 Å². The van der Waals surface area contributed by atoms with Crippen LogP contribution in [0.15, 0.2) is 23.2 Å². The van der Waals surface area contributed by atoms with Gasteiger partial charge in [-0.15, -0.1) is 24.0 Å². The molecule has 108 valence electrons. The summed E-state index contributed by atoms with van der Waals surface area (Å²) in [6, 6.07) is 6.53. The van der Waals surface area contributed by atoms with Gasteiger partial charge in [-0.1, -0.05) is 12.1 Å². The van der Waals surface area contributed by atoms with Crippen LogP contribution in [0.5, 0.6) is 5.75 Å². The number of guanidine groups is 1. The van der Waals surface area contributed by atoms with Gasteiger partial charge in [0, 0.05) is 12.6 Å². The fourth-order valence-electron chi connectivity index (χ4n) is 1.67. The molecule has 1 rings (SSSR count). The zero-order chi connectivity index (χ0) is 13.5. The highest BCUT2D eigenvalue weighted by molar-refractivity contribution is 14.0. The Morgan fingerprint density at radius 3 is 2.68 bits per heavy atom. The normalized spacial score (nSPS) is 11.1. The predicted octanol–water partition coefficient (Wildman–Crippen LogP) is 2.48. The maximum absolute atomic E-state index is 5.73. The third-order valence-electron chi connectivity index (χ3n) is 2.59. The third-order valence-corrected chi connectivity index (χ3v) is 2.59. The Morgan fingerprint density at radius 1 is 1.42 bits per heavy atom. The summed E-state index contributed by atoms with van der Waals surface area (Å²) in [5.41, 5.74) is 8.08. The van der Waals surface area contributed by atoms with Crippen LogP contribution in [0.4, 0.5) is 0 Å². The van der Waals surface area contributed by atoms with Crippen LogP contribution in [0.3, 0.4) is 0 Å². The van der Waals surface area contributed by atoms with Crippen LogP contribution in [0.1, 0.15) is 25.0 Å². The molecule has 0 aliphatic heterocycles. The molecule has 0 saturated carbocycles. The van der Waals surface area contributed by atoms with E-state index in [0.29, 0.717) is 18.5 Å². The van der Waals surface area contributed by atoms with E-state index in [1.54, 1.807) is 7.11 Å². The molecule has 19 heavy (non-hydrogen) atoms. The Morgan fingerprint density at radius 2 is 2.11 bits per heavy atom. The molecular formula is C14H24IN3O. The summed E-state index contributed by atoms with van der Waals surface area (Å²) in [6.45, 7) is 6.78. The number of aryl methyl sites for hydroxylation is 1. The number of rotatable bonds is 5. The summed E-state index contributed by atoms with van der Waals surface area (Å²) in [6.07, 6.45) is 0.858. The molecule has 0 aliphatic carbocycles. The van der Waals surface area contributed by atoms with E-state index >= 15 is 0 Å². The van der Waals surface area contributed by atoms with Crippen molar-refractivity contribution in [3.05, 3.63) is 29.3 Å². The monoisotopic (exact) mass is 377 g/mol. The maximum atomic E-state index is 5.73. The molecule has 0 fully saturated rings. The first-order valence-electron chi connectivity index (χ1n) is 6.23. The van der Waals surface area contributed by atoms with Crippen LogP contribution in [-0.4, -0.2) is 25.7 Å². The van der Waals surface area contributed by atoms with E-state index in [9.17, 15) is 0 Å². The van der Waals surface area contributed by atoms with Crippen LogP contribution in [0.25, 0.3) is 0 Å². The van der Waals surface area contributed by atoms with E-state index in [0.717, 1.165) is 17.7 Å². The summed E-state index contributed by atoms with van der Waals surface area (Å²) >= 11 is 0. The van der Waals surface area contributed by atoms with Crippen molar-refractivity contribution in [3.8, 4) is 5.75 Å². The van der Waals surface area contributed by atoms with Gasteiger partial charge in [0.05, 0.1) is 7.11 Å². The molecule has 1 aromatic rings. The highest BCUT2D eigenvalue weighted by Gasteiger charge is 2.00. The number of ether oxygens (including phenoxy) is 1. The molecule has 0 bridgehead atoms. The summed E-state index contributed by atoms with van der Waals surface area (Å²) in [4.78, 5) is 4.28. The molecule has 0 radical (unpaired) electrons. The van der Waals surface area contributed by atoms with Gasteiger partial charge in [-0.3, -0.25) is 4.99 Å². The zero-order valence-electron chi connectivity index (χ0n) is 12.1. The summed E-state index contributed by atoms with van der Waals surface area (Å²) in [5, 5.41) is 3.06. The smallest absolute Gasteiger partial charge is 0.188 e. The molecule has 0 heterocycles. The SMILES string of the molecule is COc1cc(CCN=C(N)NC(C)C)ccc1C.I. The van der Waals surface area contributed by atoms with Crippen molar-refractivity contribution in [3.63, 3.8) is 0 Å². The topological polar surface area (TPSA) is 59.6 Å². The first kappa shape index (κ1) is 18.0. The van der Waals surface area contributed by atoms with Crippen LogP contribution in [0, 0.1) is 6.92 Å². The minimum atomic E-state index is 0. The van der Waals surface area contributed by atoms with Crippen LogP contribution < -0.4 is 15.8 Å². The average Bonchev–Trinajstić information content (AvgIpc) is 2.30. The van der Waals surface area contributed by atoms with Crippen molar-refractivity contribution >= 4 is 29.9 Å². The van der Waals surface area contributed by atoms with E-state index in [1.165, 1.54) is 5.56 Å². The lowest BCUT2D eigenvalue weighted by Crippen LogP contribution is -2.36.